The molecule has 0 radical (unpaired) electrons. The number of nitrogen functional groups attached to an aromatic ring is 1. The van der Waals surface area contributed by atoms with Crippen molar-refractivity contribution in [2.75, 3.05) is 25.9 Å². The number of hydrogen-bond donors (Lipinski definition) is 1. The minimum absolute atomic E-state index is 0.682. The molecule has 0 spiro atoms. The summed E-state index contributed by atoms with van der Waals surface area (Å²) in [5.41, 5.74) is 9.12. The van der Waals surface area contributed by atoms with Crippen LogP contribution in [0, 0.1) is 12.8 Å². The molecule has 1 aliphatic heterocycles. The first kappa shape index (κ1) is 12.4. The molecule has 0 bridgehead atoms. The van der Waals surface area contributed by atoms with Crippen LogP contribution in [0.1, 0.15) is 24.1 Å². The first-order chi connectivity index (χ1) is 9.13. The van der Waals surface area contributed by atoms with Crippen molar-refractivity contribution in [3.63, 3.8) is 0 Å². The van der Waals surface area contributed by atoms with E-state index in [0.717, 1.165) is 29.2 Å². The van der Waals surface area contributed by atoms with Gasteiger partial charge in [0.25, 0.3) is 0 Å². The summed E-state index contributed by atoms with van der Waals surface area (Å²) in [5, 5.41) is 4.24. The summed E-state index contributed by atoms with van der Waals surface area (Å²) in [4.78, 5) is 7.11. The molecule has 1 saturated heterocycles. The number of aromatic nitrogens is 3. The second kappa shape index (κ2) is 4.81. The summed E-state index contributed by atoms with van der Waals surface area (Å²) >= 11 is 0. The predicted octanol–water partition coefficient (Wildman–Crippen LogP) is 1.50. The molecule has 1 fully saturated rings. The number of aryl methyl sites for hydroxylation is 1. The molecule has 2 N–H and O–H groups in total. The van der Waals surface area contributed by atoms with Crippen LogP contribution in [0.2, 0.25) is 0 Å². The maximum Gasteiger partial charge on any atom is 0.160 e. The molecule has 3 heterocycles. The Bertz CT molecular complexity index is 581. The highest BCUT2D eigenvalue weighted by Crippen LogP contribution is 2.22. The van der Waals surface area contributed by atoms with E-state index in [1.165, 1.54) is 25.9 Å². The molecule has 102 valence electrons. The molecule has 0 unspecified atom stereocenters. The lowest BCUT2D eigenvalue weighted by atomic mass is 9.92. The Hall–Kier alpha value is -1.62. The highest BCUT2D eigenvalue weighted by molar-refractivity contribution is 5.52. The van der Waals surface area contributed by atoms with Gasteiger partial charge in [-0.15, -0.1) is 0 Å². The molecule has 2 aromatic heterocycles. The average molecular weight is 259 g/mol. The van der Waals surface area contributed by atoms with Crippen LogP contribution in [0.3, 0.4) is 0 Å². The van der Waals surface area contributed by atoms with Gasteiger partial charge < -0.3 is 10.6 Å². The van der Waals surface area contributed by atoms with E-state index in [4.69, 9.17) is 10.7 Å². The van der Waals surface area contributed by atoms with Gasteiger partial charge >= 0.3 is 0 Å². The maximum atomic E-state index is 6.05. The number of nitrogens with zero attached hydrogens (tertiary/aromatic N) is 4. The van der Waals surface area contributed by atoms with Crippen molar-refractivity contribution in [1.29, 1.82) is 0 Å². The highest BCUT2D eigenvalue weighted by atomic mass is 15.3. The van der Waals surface area contributed by atoms with Gasteiger partial charge in [-0.2, -0.15) is 9.61 Å². The van der Waals surface area contributed by atoms with Gasteiger partial charge in [0, 0.05) is 17.3 Å². The lowest BCUT2D eigenvalue weighted by Gasteiger charge is -2.28. The third kappa shape index (κ3) is 2.42. The van der Waals surface area contributed by atoms with Crippen molar-refractivity contribution in [1.82, 2.24) is 19.5 Å². The number of anilines is 1. The monoisotopic (exact) mass is 259 g/mol. The molecule has 19 heavy (non-hydrogen) atoms. The highest BCUT2D eigenvalue weighted by Gasteiger charge is 2.18. The number of fused-ring (bicyclic) bond motifs is 1. The lowest BCUT2D eigenvalue weighted by molar-refractivity contribution is 0.218. The maximum absolute atomic E-state index is 6.05. The van der Waals surface area contributed by atoms with Crippen LogP contribution in [0.25, 0.3) is 5.65 Å². The third-order valence-corrected chi connectivity index (χ3v) is 4.06. The summed E-state index contributed by atoms with van der Waals surface area (Å²) in [6.45, 7) is 4.40. The van der Waals surface area contributed by atoms with Gasteiger partial charge in [0.1, 0.15) is 5.82 Å². The summed E-state index contributed by atoms with van der Waals surface area (Å²) in [7, 11) is 2.19. The van der Waals surface area contributed by atoms with Crippen LogP contribution >= 0.6 is 0 Å². The Morgan fingerprint density at radius 1 is 1.37 bits per heavy atom. The molecule has 0 amide bonds. The van der Waals surface area contributed by atoms with Gasteiger partial charge in [0.15, 0.2) is 5.65 Å². The van der Waals surface area contributed by atoms with Gasteiger partial charge in [-0.25, -0.2) is 4.98 Å². The van der Waals surface area contributed by atoms with Crippen LogP contribution in [-0.4, -0.2) is 39.6 Å². The summed E-state index contributed by atoms with van der Waals surface area (Å²) in [6.07, 6.45) is 5.35. The molecule has 5 nitrogen and oxygen atoms in total. The van der Waals surface area contributed by atoms with Crippen molar-refractivity contribution in [3.05, 3.63) is 23.5 Å². The van der Waals surface area contributed by atoms with E-state index in [0.29, 0.717) is 5.82 Å². The average Bonchev–Trinajstić information content (AvgIpc) is 2.75. The Morgan fingerprint density at radius 2 is 2.11 bits per heavy atom. The molecule has 0 saturated carbocycles. The van der Waals surface area contributed by atoms with E-state index in [9.17, 15) is 0 Å². The summed E-state index contributed by atoms with van der Waals surface area (Å²) in [6, 6.07) is 1.97. The zero-order valence-electron chi connectivity index (χ0n) is 11.6. The number of hydrogen-bond acceptors (Lipinski definition) is 4. The molecule has 2 aromatic rings. The van der Waals surface area contributed by atoms with E-state index in [-0.39, 0.29) is 0 Å². The number of likely N-dealkylation sites (tertiary alicyclic amines) is 1. The zero-order valence-corrected chi connectivity index (χ0v) is 11.6. The van der Waals surface area contributed by atoms with Gasteiger partial charge in [-0.3, -0.25) is 0 Å². The Kier molecular flexibility index (Phi) is 3.14. The summed E-state index contributed by atoms with van der Waals surface area (Å²) < 4.78 is 1.72. The molecular formula is C14H21N5. The zero-order chi connectivity index (χ0) is 13.4. The minimum Gasteiger partial charge on any atom is -0.384 e. The largest absolute Gasteiger partial charge is 0.384 e. The summed E-state index contributed by atoms with van der Waals surface area (Å²) in [5.74, 6) is 1.41. The second-order valence-corrected chi connectivity index (χ2v) is 5.69. The SMILES string of the molecule is Cc1cnn2c(N)cc(CC3CCN(C)CC3)nc12. The first-order valence-corrected chi connectivity index (χ1v) is 6.92. The van der Waals surface area contributed by atoms with Crippen LogP contribution in [0.4, 0.5) is 5.82 Å². The van der Waals surface area contributed by atoms with E-state index >= 15 is 0 Å². The molecule has 0 atom stereocenters. The van der Waals surface area contributed by atoms with Crippen molar-refractivity contribution in [3.8, 4) is 0 Å². The van der Waals surface area contributed by atoms with Crippen LogP contribution in [0.15, 0.2) is 12.3 Å². The third-order valence-electron chi connectivity index (χ3n) is 4.06. The van der Waals surface area contributed by atoms with Gasteiger partial charge in [-0.1, -0.05) is 0 Å². The second-order valence-electron chi connectivity index (χ2n) is 5.69. The van der Waals surface area contributed by atoms with E-state index < -0.39 is 0 Å². The van der Waals surface area contributed by atoms with Crippen LogP contribution < -0.4 is 5.73 Å². The van der Waals surface area contributed by atoms with Crippen LogP contribution in [0.5, 0.6) is 0 Å². The van der Waals surface area contributed by atoms with E-state index in [2.05, 4.69) is 17.0 Å². The fourth-order valence-corrected chi connectivity index (χ4v) is 2.81. The van der Waals surface area contributed by atoms with Gasteiger partial charge in [0.2, 0.25) is 0 Å². The van der Waals surface area contributed by atoms with Crippen molar-refractivity contribution in [2.45, 2.75) is 26.2 Å². The van der Waals surface area contributed by atoms with Crippen LogP contribution in [-0.2, 0) is 6.42 Å². The number of piperidine rings is 1. The predicted molar refractivity (Wildman–Crippen MR) is 76.1 cm³/mol. The normalized spacial score (nSPS) is 18.2. The lowest BCUT2D eigenvalue weighted by Crippen LogP contribution is -2.31. The number of nitrogens with two attached hydrogens (primary N) is 1. The fraction of sp³-hybridized carbons (Fsp3) is 0.571. The molecule has 0 aromatic carbocycles. The molecule has 1 aliphatic rings. The standard InChI is InChI=1S/C14H21N5/c1-10-9-16-19-13(15)8-12(17-14(10)19)7-11-3-5-18(2)6-4-11/h8-9,11H,3-7,15H2,1-2H3. The van der Waals surface area contributed by atoms with Crippen molar-refractivity contribution in [2.24, 2.45) is 5.92 Å². The molecule has 0 aliphatic carbocycles. The molecule has 3 rings (SSSR count). The van der Waals surface area contributed by atoms with E-state index in [1.807, 2.05) is 19.2 Å². The molecule has 5 heteroatoms. The van der Waals surface area contributed by atoms with Crippen molar-refractivity contribution >= 4 is 11.5 Å². The fourth-order valence-electron chi connectivity index (χ4n) is 2.81. The topological polar surface area (TPSA) is 59.5 Å². The molecular weight excluding hydrogens is 238 g/mol. The first-order valence-electron chi connectivity index (χ1n) is 6.92. The minimum atomic E-state index is 0.682. The van der Waals surface area contributed by atoms with Gasteiger partial charge in [-0.05, 0) is 52.2 Å². The smallest absolute Gasteiger partial charge is 0.160 e. The van der Waals surface area contributed by atoms with Crippen molar-refractivity contribution < 1.29 is 0 Å². The van der Waals surface area contributed by atoms with Gasteiger partial charge in [0.05, 0.1) is 6.20 Å². The quantitative estimate of drug-likeness (QED) is 0.888. The van der Waals surface area contributed by atoms with E-state index in [1.54, 1.807) is 4.52 Å². The Labute approximate surface area is 113 Å². The number of rotatable bonds is 2. The Morgan fingerprint density at radius 3 is 2.84 bits per heavy atom. The Balaban J connectivity index is 1.83.